The van der Waals surface area contributed by atoms with Gasteiger partial charge in [-0.2, -0.15) is 0 Å². The van der Waals surface area contributed by atoms with E-state index >= 15 is 0 Å². The van der Waals surface area contributed by atoms with Gasteiger partial charge < -0.3 is 5.11 Å². The van der Waals surface area contributed by atoms with E-state index in [1.54, 1.807) is 0 Å². The zero-order valence-corrected chi connectivity index (χ0v) is 16.3. The fourth-order valence-corrected chi connectivity index (χ4v) is 3.83. The average molecular weight is 374 g/mol. The zero-order chi connectivity index (χ0) is 19.0. The number of aliphatic carboxylic acids is 1. The molecule has 3 rings (SSSR count). The maximum absolute atomic E-state index is 11.1. The average Bonchev–Trinajstić information content (AvgIpc) is 2.92. The van der Waals surface area contributed by atoms with Crippen molar-refractivity contribution in [2.24, 2.45) is 0 Å². The van der Waals surface area contributed by atoms with Crippen LogP contribution in [-0.4, -0.2) is 18.1 Å². The summed E-state index contributed by atoms with van der Waals surface area (Å²) in [6, 6.07) is 10.3. The first-order chi connectivity index (χ1) is 12.3. The number of hydrazine groups is 2. The zero-order valence-electron chi connectivity index (χ0n) is 15.5. The molecule has 0 aromatic heterocycles. The van der Waals surface area contributed by atoms with Crippen LogP contribution in [0, 0.1) is 13.8 Å². The van der Waals surface area contributed by atoms with E-state index in [0.717, 1.165) is 39.3 Å². The normalized spacial score (nSPS) is 14.5. The molecule has 2 N–H and O–H groups in total. The molecule has 0 radical (unpaired) electrons. The van der Waals surface area contributed by atoms with Crippen molar-refractivity contribution in [3.8, 4) is 0 Å². The lowest BCUT2D eigenvalue weighted by molar-refractivity contribution is -0.137. The van der Waals surface area contributed by atoms with Crippen LogP contribution in [0.15, 0.2) is 30.3 Å². The van der Waals surface area contributed by atoms with E-state index in [-0.39, 0.29) is 12.3 Å². The number of anilines is 3. The topological polar surface area (TPSA) is 55.8 Å². The number of rotatable bonds is 5. The first-order valence-corrected chi connectivity index (χ1v) is 9.17. The van der Waals surface area contributed by atoms with Crippen molar-refractivity contribution in [1.82, 2.24) is 5.53 Å². The maximum atomic E-state index is 11.1. The number of hydrogen-bond acceptors (Lipinski definition) is 4. The van der Waals surface area contributed by atoms with E-state index in [1.807, 2.05) is 36.1 Å². The highest BCUT2D eigenvalue weighted by atomic mass is 35.5. The molecule has 1 heterocycles. The van der Waals surface area contributed by atoms with Crippen LogP contribution in [0.25, 0.3) is 0 Å². The van der Waals surface area contributed by atoms with E-state index in [1.165, 1.54) is 0 Å². The Kier molecular flexibility index (Phi) is 5.12. The lowest BCUT2D eigenvalue weighted by Crippen LogP contribution is -2.39. The van der Waals surface area contributed by atoms with E-state index in [4.69, 9.17) is 16.7 Å². The molecule has 0 fully saturated rings. The van der Waals surface area contributed by atoms with Crippen molar-refractivity contribution in [3.05, 3.63) is 52.6 Å². The summed E-state index contributed by atoms with van der Waals surface area (Å²) in [5, 5.41) is 13.1. The summed E-state index contributed by atoms with van der Waals surface area (Å²) >= 11 is 6.08. The Morgan fingerprint density at radius 1 is 1.27 bits per heavy atom. The summed E-state index contributed by atoms with van der Waals surface area (Å²) in [5.41, 5.74) is 10.9. The molecule has 0 saturated carbocycles. The largest absolute Gasteiger partial charge is 0.481 e. The molecule has 1 aliphatic heterocycles. The molecule has 138 valence electrons. The second-order valence-electron chi connectivity index (χ2n) is 6.89. The first-order valence-electron chi connectivity index (χ1n) is 8.64. The summed E-state index contributed by atoms with van der Waals surface area (Å²) in [4.78, 5) is 11.1. The van der Waals surface area contributed by atoms with E-state index in [9.17, 15) is 4.79 Å². The fraction of sp³-hybridized carbons (Fsp3) is 0.350. The number of aryl methyl sites for hydroxylation is 1. The van der Waals surface area contributed by atoms with Crippen LogP contribution in [0.3, 0.4) is 0 Å². The summed E-state index contributed by atoms with van der Waals surface area (Å²) in [7, 11) is 1.97. The van der Waals surface area contributed by atoms with Crippen LogP contribution in [-0.2, 0) is 10.7 Å². The van der Waals surface area contributed by atoms with Gasteiger partial charge in [0.05, 0.1) is 23.5 Å². The minimum absolute atomic E-state index is 0.0537. The van der Waals surface area contributed by atoms with E-state index in [0.29, 0.717) is 5.88 Å². The third-order valence-electron chi connectivity index (χ3n) is 5.03. The Hall–Kier alpha value is -2.24. The molecule has 0 bridgehead atoms. The van der Waals surface area contributed by atoms with Crippen molar-refractivity contribution in [1.29, 1.82) is 0 Å². The third-order valence-corrected chi connectivity index (χ3v) is 5.32. The van der Waals surface area contributed by atoms with E-state index < -0.39 is 5.97 Å². The minimum atomic E-state index is -0.783. The molecule has 5 nitrogen and oxygen atoms in total. The number of carbonyl (C=O) groups is 1. The Balaban J connectivity index is 2.08. The Labute approximate surface area is 159 Å². The predicted octanol–water partition coefficient (Wildman–Crippen LogP) is 4.63. The third kappa shape index (κ3) is 3.24. The van der Waals surface area contributed by atoms with Gasteiger partial charge in [-0.05, 0) is 60.2 Å². The van der Waals surface area contributed by atoms with Gasteiger partial charge in [0.15, 0.2) is 0 Å². The number of nitrogens with one attached hydrogen (secondary N) is 1. The van der Waals surface area contributed by atoms with Gasteiger partial charge >= 0.3 is 5.97 Å². The van der Waals surface area contributed by atoms with Gasteiger partial charge in [0.1, 0.15) is 0 Å². The molecule has 0 amide bonds. The molecule has 26 heavy (non-hydrogen) atoms. The van der Waals surface area contributed by atoms with Crippen LogP contribution < -0.4 is 15.6 Å². The number of halogens is 1. The Morgan fingerprint density at radius 3 is 2.65 bits per heavy atom. The molecule has 0 aliphatic carbocycles. The van der Waals surface area contributed by atoms with Crippen molar-refractivity contribution in [2.75, 3.05) is 17.1 Å². The molecule has 1 aliphatic rings. The second kappa shape index (κ2) is 7.17. The summed E-state index contributed by atoms with van der Waals surface area (Å²) in [6.45, 7) is 6.06. The maximum Gasteiger partial charge on any atom is 0.303 e. The summed E-state index contributed by atoms with van der Waals surface area (Å²) in [6.07, 6.45) is 0.115. The smallest absolute Gasteiger partial charge is 0.303 e. The van der Waals surface area contributed by atoms with Crippen molar-refractivity contribution in [2.45, 2.75) is 39.0 Å². The van der Waals surface area contributed by atoms with Gasteiger partial charge in [0.25, 0.3) is 0 Å². The van der Waals surface area contributed by atoms with Gasteiger partial charge in [0, 0.05) is 12.9 Å². The van der Waals surface area contributed by atoms with Crippen LogP contribution in [0.5, 0.6) is 0 Å². The molecular weight excluding hydrogens is 350 g/mol. The number of nitrogens with zero attached hydrogens (tertiary/aromatic N) is 2. The Morgan fingerprint density at radius 2 is 2.00 bits per heavy atom. The monoisotopic (exact) mass is 373 g/mol. The first kappa shape index (κ1) is 18.5. The highest BCUT2D eigenvalue weighted by Crippen LogP contribution is 2.43. The molecular formula is C20H24ClN3O2. The lowest BCUT2D eigenvalue weighted by atomic mass is 9.92. The second-order valence-corrected chi connectivity index (χ2v) is 7.15. The quantitative estimate of drug-likeness (QED) is 0.748. The number of benzene rings is 2. The van der Waals surface area contributed by atoms with Crippen molar-refractivity contribution in [3.63, 3.8) is 0 Å². The molecule has 1 unspecified atom stereocenters. The molecule has 2 aromatic rings. The molecule has 1 atom stereocenters. The minimum Gasteiger partial charge on any atom is -0.481 e. The lowest BCUT2D eigenvalue weighted by Gasteiger charge is -2.23. The number of hydrogen-bond donors (Lipinski definition) is 2. The van der Waals surface area contributed by atoms with Gasteiger partial charge in [0.2, 0.25) is 0 Å². The molecule has 0 spiro atoms. The standard InChI is InChI=1S/C20H24ClN3O2/c1-12-5-6-16(10-15(12)11-21)24-20-14(3)17(13(2)9-19(25)26)7-8-18(20)23(4)22-24/h5-8,10,13,22H,9,11H2,1-4H3,(H,25,26). The van der Waals surface area contributed by atoms with E-state index in [2.05, 4.69) is 37.6 Å². The summed E-state index contributed by atoms with van der Waals surface area (Å²) < 4.78 is 0. The number of alkyl halides is 1. The van der Waals surface area contributed by atoms with Crippen LogP contribution in [0.1, 0.15) is 41.5 Å². The highest BCUT2D eigenvalue weighted by Gasteiger charge is 2.29. The number of carboxylic acid groups (broad SMARTS) is 1. The molecule has 0 saturated heterocycles. The van der Waals surface area contributed by atoms with Gasteiger partial charge in [-0.25, -0.2) is 0 Å². The van der Waals surface area contributed by atoms with Crippen molar-refractivity contribution >= 4 is 34.6 Å². The van der Waals surface area contributed by atoms with Crippen LogP contribution in [0.4, 0.5) is 17.1 Å². The van der Waals surface area contributed by atoms with Gasteiger partial charge in [-0.1, -0.05) is 19.1 Å². The van der Waals surface area contributed by atoms with Gasteiger partial charge in [-0.3, -0.25) is 14.8 Å². The predicted molar refractivity (Wildman–Crippen MR) is 106 cm³/mol. The fourth-order valence-electron chi connectivity index (χ4n) is 3.54. The number of carboxylic acids is 1. The highest BCUT2D eigenvalue weighted by molar-refractivity contribution is 6.17. The summed E-state index contributed by atoms with van der Waals surface area (Å²) in [5.74, 6) is -0.373. The number of fused-ring (bicyclic) bond motifs is 1. The molecule has 2 aromatic carbocycles. The van der Waals surface area contributed by atoms with Crippen LogP contribution >= 0.6 is 11.6 Å². The van der Waals surface area contributed by atoms with Gasteiger partial charge in [-0.15, -0.1) is 17.1 Å². The molecule has 6 heteroatoms. The SMILES string of the molecule is Cc1ccc(N2NN(C)c3ccc(C(C)CC(=O)O)c(C)c32)cc1CCl. The van der Waals surface area contributed by atoms with Crippen LogP contribution in [0.2, 0.25) is 0 Å². The Bertz CT molecular complexity index is 853. The van der Waals surface area contributed by atoms with Crippen molar-refractivity contribution < 1.29 is 9.90 Å².